The van der Waals surface area contributed by atoms with E-state index in [0.717, 1.165) is 6.07 Å². The first-order valence-electron chi connectivity index (χ1n) is 6.31. The first-order valence-corrected chi connectivity index (χ1v) is 6.31. The molecule has 7 heteroatoms. The molecule has 0 amide bonds. The first-order chi connectivity index (χ1) is 10.0. The van der Waals surface area contributed by atoms with E-state index >= 15 is 0 Å². The van der Waals surface area contributed by atoms with Crippen LogP contribution in [0.25, 0.3) is 11.4 Å². The van der Waals surface area contributed by atoms with Crippen LogP contribution in [0.1, 0.15) is 42.6 Å². The molecule has 0 saturated carbocycles. The van der Waals surface area contributed by atoms with Gasteiger partial charge in [-0.3, -0.25) is 9.59 Å². The van der Waals surface area contributed by atoms with Crippen LogP contribution in [-0.4, -0.2) is 22.4 Å². The molecule has 0 radical (unpaired) electrons. The molecule has 0 aliphatic carbocycles. The van der Waals surface area contributed by atoms with Gasteiger partial charge in [-0.05, 0) is 18.6 Å². The first kappa shape index (κ1) is 14.8. The average molecular weight is 292 g/mol. The maximum absolute atomic E-state index is 13.6. The number of carbonyl (C=O) groups is 2. The number of hydrogen-bond donors (Lipinski definition) is 0. The summed E-state index contributed by atoms with van der Waals surface area (Å²) in [4.78, 5) is 25.6. The van der Waals surface area contributed by atoms with Gasteiger partial charge in [0.1, 0.15) is 5.82 Å². The number of carbonyl (C=O) groups excluding carboxylic acids is 2. The molecule has 1 aromatic carbocycles. The van der Waals surface area contributed by atoms with Crippen molar-refractivity contribution >= 4 is 12.3 Å². The molecule has 1 aromatic heterocycles. The molecule has 110 valence electrons. The van der Waals surface area contributed by atoms with Crippen LogP contribution in [-0.2, 0) is 9.53 Å². The number of hydrogen-bond acceptors (Lipinski definition) is 6. The Morgan fingerprint density at radius 3 is 2.86 bits per heavy atom. The fourth-order valence-corrected chi connectivity index (χ4v) is 1.75. The number of esters is 1. The molecular weight excluding hydrogens is 279 g/mol. The zero-order valence-corrected chi connectivity index (χ0v) is 11.5. The van der Waals surface area contributed by atoms with Gasteiger partial charge in [0.15, 0.2) is 12.4 Å². The van der Waals surface area contributed by atoms with Crippen molar-refractivity contribution in [2.24, 2.45) is 0 Å². The molecule has 2 aromatic rings. The molecule has 1 atom stereocenters. The monoisotopic (exact) mass is 292 g/mol. The second kappa shape index (κ2) is 6.25. The van der Waals surface area contributed by atoms with E-state index in [4.69, 9.17) is 9.26 Å². The molecule has 0 spiro atoms. The normalized spacial score (nSPS) is 12.0. The van der Waals surface area contributed by atoms with Crippen LogP contribution >= 0.6 is 0 Å². The SMILES string of the molecule is CC[C@H](OC(C)=O)c1nc(-c2ccc(C=O)c(F)c2)no1. The van der Waals surface area contributed by atoms with Crippen LogP contribution in [0.3, 0.4) is 0 Å². The predicted molar refractivity (Wildman–Crippen MR) is 69.9 cm³/mol. The Morgan fingerprint density at radius 2 is 2.29 bits per heavy atom. The lowest BCUT2D eigenvalue weighted by Gasteiger charge is -2.09. The van der Waals surface area contributed by atoms with Gasteiger partial charge in [-0.25, -0.2) is 4.39 Å². The van der Waals surface area contributed by atoms with E-state index in [9.17, 15) is 14.0 Å². The summed E-state index contributed by atoms with van der Waals surface area (Å²) in [7, 11) is 0. The van der Waals surface area contributed by atoms with Crippen LogP contribution in [0.15, 0.2) is 22.7 Å². The minimum absolute atomic E-state index is 0.0474. The molecule has 0 fully saturated rings. The summed E-state index contributed by atoms with van der Waals surface area (Å²) >= 11 is 0. The topological polar surface area (TPSA) is 82.3 Å². The van der Waals surface area contributed by atoms with E-state index in [1.165, 1.54) is 19.1 Å². The van der Waals surface area contributed by atoms with E-state index in [1.54, 1.807) is 6.92 Å². The number of ether oxygens (including phenoxy) is 1. The van der Waals surface area contributed by atoms with E-state index in [1.807, 2.05) is 0 Å². The fraction of sp³-hybridized carbons (Fsp3) is 0.286. The van der Waals surface area contributed by atoms with E-state index in [0.29, 0.717) is 18.3 Å². The number of rotatable bonds is 5. The minimum Gasteiger partial charge on any atom is -0.452 e. The maximum atomic E-state index is 13.6. The highest BCUT2D eigenvalue weighted by atomic mass is 19.1. The van der Waals surface area contributed by atoms with Gasteiger partial charge in [-0.2, -0.15) is 4.98 Å². The molecule has 6 nitrogen and oxygen atoms in total. The van der Waals surface area contributed by atoms with Crippen LogP contribution in [0, 0.1) is 5.82 Å². The van der Waals surface area contributed by atoms with Crippen molar-refractivity contribution in [3.05, 3.63) is 35.5 Å². The highest BCUT2D eigenvalue weighted by Crippen LogP contribution is 2.24. The lowest BCUT2D eigenvalue weighted by molar-refractivity contribution is -0.148. The van der Waals surface area contributed by atoms with Gasteiger partial charge in [0.05, 0.1) is 5.56 Å². The van der Waals surface area contributed by atoms with Gasteiger partial charge in [0.2, 0.25) is 5.82 Å². The van der Waals surface area contributed by atoms with Crippen LogP contribution in [0.5, 0.6) is 0 Å². The van der Waals surface area contributed by atoms with Gasteiger partial charge in [0.25, 0.3) is 5.89 Å². The van der Waals surface area contributed by atoms with Crippen LogP contribution < -0.4 is 0 Å². The Bertz CT molecular complexity index is 669. The van der Waals surface area contributed by atoms with Gasteiger partial charge >= 0.3 is 5.97 Å². The Hall–Kier alpha value is -2.57. The van der Waals surface area contributed by atoms with Gasteiger partial charge in [-0.1, -0.05) is 18.1 Å². The molecule has 2 rings (SSSR count). The quantitative estimate of drug-likeness (QED) is 0.622. The smallest absolute Gasteiger partial charge is 0.303 e. The number of aromatic nitrogens is 2. The molecule has 0 N–H and O–H groups in total. The van der Waals surface area contributed by atoms with Crippen LogP contribution in [0.2, 0.25) is 0 Å². The van der Waals surface area contributed by atoms with Gasteiger partial charge in [-0.15, -0.1) is 0 Å². The summed E-state index contributed by atoms with van der Waals surface area (Å²) in [5.41, 5.74) is 0.319. The highest BCUT2D eigenvalue weighted by molar-refractivity contribution is 5.76. The molecule has 0 aliphatic heterocycles. The van der Waals surface area contributed by atoms with Crippen molar-refractivity contribution < 1.29 is 23.2 Å². The zero-order chi connectivity index (χ0) is 15.4. The van der Waals surface area contributed by atoms with Crippen molar-refractivity contribution in [1.29, 1.82) is 0 Å². The second-order valence-electron chi connectivity index (χ2n) is 4.32. The summed E-state index contributed by atoms with van der Waals surface area (Å²) in [5.74, 6) is -0.821. The average Bonchev–Trinajstić information content (AvgIpc) is 2.94. The lowest BCUT2D eigenvalue weighted by Crippen LogP contribution is -2.07. The molecule has 0 unspecified atom stereocenters. The summed E-state index contributed by atoms with van der Waals surface area (Å²) in [6.45, 7) is 3.09. The Morgan fingerprint density at radius 1 is 1.52 bits per heavy atom. The minimum atomic E-state index is -0.666. The maximum Gasteiger partial charge on any atom is 0.303 e. The van der Waals surface area contributed by atoms with Crippen molar-refractivity contribution in [2.75, 3.05) is 0 Å². The molecule has 0 aliphatic rings. The van der Waals surface area contributed by atoms with Crippen molar-refractivity contribution in [3.63, 3.8) is 0 Å². The van der Waals surface area contributed by atoms with Crippen molar-refractivity contribution in [2.45, 2.75) is 26.4 Å². The number of aldehydes is 1. The Kier molecular flexibility index (Phi) is 4.42. The Labute approximate surface area is 119 Å². The fourth-order valence-electron chi connectivity index (χ4n) is 1.75. The molecule has 1 heterocycles. The third kappa shape index (κ3) is 3.31. The predicted octanol–water partition coefficient (Wildman–Crippen LogP) is 2.70. The number of benzene rings is 1. The van der Waals surface area contributed by atoms with Gasteiger partial charge < -0.3 is 9.26 Å². The highest BCUT2D eigenvalue weighted by Gasteiger charge is 2.21. The molecule has 21 heavy (non-hydrogen) atoms. The Balaban J connectivity index is 2.28. The summed E-state index contributed by atoms with van der Waals surface area (Å²) in [6, 6.07) is 3.98. The van der Waals surface area contributed by atoms with Gasteiger partial charge in [0, 0.05) is 12.5 Å². The number of halogens is 1. The lowest BCUT2D eigenvalue weighted by atomic mass is 10.1. The molecule has 0 bridgehead atoms. The van der Waals surface area contributed by atoms with Crippen molar-refractivity contribution in [3.8, 4) is 11.4 Å². The second-order valence-corrected chi connectivity index (χ2v) is 4.32. The standard InChI is InChI=1S/C14H13FN2O4/c1-3-12(20-8(2)19)14-16-13(17-21-14)9-4-5-10(7-18)11(15)6-9/h4-7,12H,3H2,1-2H3/t12-/m0/s1. The molecular formula is C14H13FN2O4. The molecule has 0 saturated heterocycles. The van der Waals surface area contributed by atoms with E-state index < -0.39 is 17.9 Å². The third-order valence-electron chi connectivity index (χ3n) is 2.78. The summed E-state index contributed by atoms with van der Waals surface area (Å²) in [6.07, 6.45) is 0.261. The van der Waals surface area contributed by atoms with Crippen LogP contribution in [0.4, 0.5) is 4.39 Å². The third-order valence-corrected chi connectivity index (χ3v) is 2.78. The van der Waals surface area contributed by atoms with Crippen molar-refractivity contribution in [1.82, 2.24) is 10.1 Å². The number of nitrogens with zero attached hydrogens (tertiary/aromatic N) is 2. The summed E-state index contributed by atoms with van der Waals surface area (Å²) < 4.78 is 23.6. The van der Waals surface area contributed by atoms with E-state index in [-0.39, 0.29) is 17.3 Å². The summed E-state index contributed by atoms with van der Waals surface area (Å²) in [5, 5.41) is 3.73. The largest absolute Gasteiger partial charge is 0.452 e. The van der Waals surface area contributed by atoms with E-state index in [2.05, 4.69) is 10.1 Å². The zero-order valence-electron chi connectivity index (χ0n) is 11.5.